The molecular formula is C14H15N3O2S. The van der Waals surface area contributed by atoms with Gasteiger partial charge in [0.2, 0.25) is 0 Å². The number of thioether (sulfide) groups is 1. The summed E-state index contributed by atoms with van der Waals surface area (Å²) in [5.41, 5.74) is 2.78. The predicted octanol–water partition coefficient (Wildman–Crippen LogP) is 2.18. The number of aliphatic carboxylic acids is 1. The molecule has 1 aliphatic carbocycles. The standard InChI is InChI=1S/C14H15N3O2S/c18-13(19)8-20-14-16-15-9-17(14)12-6-5-10-3-1-2-4-11(10)7-12/h1-4,9,12H,5-8H2,(H,18,19). The molecule has 3 rings (SSSR count). The van der Waals surface area contributed by atoms with Crippen molar-refractivity contribution in [3.05, 3.63) is 41.7 Å². The minimum atomic E-state index is -0.835. The van der Waals surface area contributed by atoms with Gasteiger partial charge in [0.1, 0.15) is 6.33 Å². The first-order valence-electron chi connectivity index (χ1n) is 6.55. The number of aromatic nitrogens is 3. The molecule has 1 atom stereocenters. The van der Waals surface area contributed by atoms with Crippen molar-refractivity contribution in [1.82, 2.24) is 14.8 Å². The zero-order valence-corrected chi connectivity index (χ0v) is 11.7. The van der Waals surface area contributed by atoms with Gasteiger partial charge in [-0.3, -0.25) is 4.79 Å². The van der Waals surface area contributed by atoms with Crippen LogP contribution in [-0.2, 0) is 17.6 Å². The van der Waals surface area contributed by atoms with Gasteiger partial charge < -0.3 is 9.67 Å². The second kappa shape index (κ2) is 5.66. The lowest BCUT2D eigenvalue weighted by Crippen LogP contribution is -2.19. The molecule has 5 nitrogen and oxygen atoms in total. The first kappa shape index (κ1) is 13.2. The number of rotatable bonds is 4. The van der Waals surface area contributed by atoms with Gasteiger partial charge in [0.15, 0.2) is 5.16 Å². The van der Waals surface area contributed by atoms with E-state index in [0.29, 0.717) is 11.2 Å². The highest BCUT2D eigenvalue weighted by Gasteiger charge is 2.22. The molecule has 0 saturated heterocycles. The number of hydrogen-bond acceptors (Lipinski definition) is 4. The Hall–Kier alpha value is -1.82. The molecule has 1 aromatic carbocycles. The molecule has 2 aromatic rings. The quantitative estimate of drug-likeness (QED) is 0.874. The third-order valence-corrected chi connectivity index (χ3v) is 4.52. The summed E-state index contributed by atoms with van der Waals surface area (Å²) in [6.45, 7) is 0. The molecule has 0 radical (unpaired) electrons. The summed E-state index contributed by atoms with van der Waals surface area (Å²) in [5.74, 6) is -0.819. The van der Waals surface area contributed by atoms with Crippen LogP contribution in [0.2, 0.25) is 0 Å². The van der Waals surface area contributed by atoms with Gasteiger partial charge in [0.25, 0.3) is 0 Å². The van der Waals surface area contributed by atoms with Crippen LogP contribution in [0.5, 0.6) is 0 Å². The van der Waals surface area contributed by atoms with Crippen LogP contribution in [0.25, 0.3) is 0 Å². The molecule has 20 heavy (non-hydrogen) atoms. The van der Waals surface area contributed by atoms with Gasteiger partial charge >= 0.3 is 5.97 Å². The maximum Gasteiger partial charge on any atom is 0.313 e. The molecule has 6 heteroatoms. The Morgan fingerprint density at radius 2 is 2.20 bits per heavy atom. The Morgan fingerprint density at radius 3 is 3.00 bits per heavy atom. The molecule has 0 aliphatic heterocycles. The number of carboxylic acids is 1. The van der Waals surface area contributed by atoms with Crippen molar-refractivity contribution in [3.8, 4) is 0 Å². The Kier molecular flexibility index (Phi) is 3.73. The van der Waals surface area contributed by atoms with E-state index in [9.17, 15) is 4.79 Å². The van der Waals surface area contributed by atoms with Crippen LogP contribution < -0.4 is 0 Å². The van der Waals surface area contributed by atoms with E-state index >= 15 is 0 Å². The number of nitrogens with zero attached hydrogens (tertiary/aromatic N) is 3. The normalized spacial score (nSPS) is 17.7. The Labute approximate surface area is 121 Å². The SMILES string of the molecule is O=C(O)CSc1nncn1C1CCc2ccccc2C1. The molecule has 0 saturated carbocycles. The summed E-state index contributed by atoms with van der Waals surface area (Å²) in [7, 11) is 0. The van der Waals surface area contributed by atoms with Gasteiger partial charge in [0.05, 0.1) is 5.75 Å². The van der Waals surface area contributed by atoms with Gasteiger partial charge in [-0.25, -0.2) is 0 Å². The Balaban J connectivity index is 1.78. The summed E-state index contributed by atoms with van der Waals surface area (Å²) in [6, 6.07) is 8.80. The fourth-order valence-corrected chi connectivity index (χ4v) is 3.33. The monoisotopic (exact) mass is 289 g/mol. The van der Waals surface area contributed by atoms with Crippen molar-refractivity contribution in [2.45, 2.75) is 30.5 Å². The zero-order chi connectivity index (χ0) is 13.9. The van der Waals surface area contributed by atoms with E-state index in [4.69, 9.17) is 5.11 Å². The van der Waals surface area contributed by atoms with Crippen LogP contribution >= 0.6 is 11.8 Å². The van der Waals surface area contributed by atoms with Crippen LogP contribution in [0.15, 0.2) is 35.7 Å². The topological polar surface area (TPSA) is 68.0 Å². The van der Waals surface area contributed by atoms with Crippen molar-refractivity contribution < 1.29 is 9.90 Å². The highest BCUT2D eigenvalue weighted by atomic mass is 32.2. The summed E-state index contributed by atoms with van der Waals surface area (Å²) in [6.07, 6.45) is 4.75. The molecule has 0 amide bonds. The van der Waals surface area contributed by atoms with Gasteiger partial charge in [-0.05, 0) is 30.4 Å². The molecule has 0 bridgehead atoms. The maximum atomic E-state index is 10.7. The van der Waals surface area contributed by atoms with Crippen molar-refractivity contribution in [2.75, 3.05) is 5.75 Å². The van der Waals surface area contributed by atoms with E-state index in [0.717, 1.165) is 19.3 Å². The minimum Gasteiger partial charge on any atom is -0.481 e. The second-order valence-corrected chi connectivity index (χ2v) is 5.81. The molecule has 1 aliphatic rings. The average Bonchev–Trinajstić information content (AvgIpc) is 2.93. The lowest BCUT2D eigenvalue weighted by atomic mass is 9.88. The lowest BCUT2D eigenvalue weighted by Gasteiger charge is -2.26. The van der Waals surface area contributed by atoms with Crippen molar-refractivity contribution in [1.29, 1.82) is 0 Å². The molecule has 0 spiro atoms. The van der Waals surface area contributed by atoms with Gasteiger partial charge in [-0.1, -0.05) is 36.0 Å². The van der Waals surface area contributed by atoms with Crippen LogP contribution in [0.3, 0.4) is 0 Å². The average molecular weight is 289 g/mol. The van der Waals surface area contributed by atoms with Crippen LogP contribution in [-0.4, -0.2) is 31.6 Å². The van der Waals surface area contributed by atoms with E-state index in [1.54, 1.807) is 6.33 Å². The first-order valence-corrected chi connectivity index (χ1v) is 7.53. The molecule has 1 aromatic heterocycles. The number of carboxylic acid groups (broad SMARTS) is 1. The first-order chi connectivity index (χ1) is 9.74. The third-order valence-electron chi connectivity index (χ3n) is 3.58. The van der Waals surface area contributed by atoms with E-state index in [1.165, 1.54) is 22.9 Å². The predicted molar refractivity (Wildman–Crippen MR) is 75.9 cm³/mol. The van der Waals surface area contributed by atoms with E-state index in [2.05, 4.69) is 34.5 Å². The maximum absolute atomic E-state index is 10.7. The van der Waals surface area contributed by atoms with E-state index < -0.39 is 5.97 Å². The van der Waals surface area contributed by atoms with E-state index in [-0.39, 0.29) is 5.75 Å². The van der Waals surface area contributed by atoms with Crippen LogP contribution in [0, 0.1) is 0 Å². The molecule has 1 unspecified atom stereocenters. The largest absolute Gasteiger partial charge is 0.481 e. The number of fused-ring (bicyclic) bond motifs is 1. The summed E-state index contributed by atoms with van der Waals surface area (Å²) in [4.78, 5) is 10.7. The summed E-state index contributed by atoms with van der Waals surface area (Å²) in [5, 5.41) is 17.4. The Morgan fingerprint density at radius 1 is 1.40 bits per heavy atom. The van der Waals surface area contributed by atoms with Crippen molar-refractivity contribution in [2.24, 2.45) is 0 Å². The highest BCUT2D eigenvalue weighted by Crippen LogP contribution is 2.31. The van der Waals surface area contributed by atoms with Crippen molar-refractivity contribution >= 4 is 17.7 Å². The second-order valence-electron chi connectivity index (χ2n) is 4.87. The fourth-order valence-electron chi connectivity index (χ4n) is 2.63. The minimum absolute atomic E-state index is 0.0159. The van der Waals surface area contributed by atoms with Crippen LogP contribution in [0.1, 0.15) is 23.6 Å². The lowest BCUT2D eigenvalue weighted by molar-refractivity contribution is -0.133. The fraction of sp³-hybridized carbons (Fsp3) is 0.357. The molecular weight excluding hydrogens is 274 g/mol. The number of aryl methyl sites for hydroxylation is 1. The van der Waals surface area contributed by atoms with Gasteiger partial charge in [0, 0.05) is 6.04 Å². The highest BCUT2D eigenvalue weighted by molar-refractivity contribution is 7.99. The summed E-state index contributed by atoms with van der Waals surface area (Å²) >= 11 is 1.23. The van der Waals surface area contributed by atoms with E-state index in [1.807, 2.05) is 4.57 Å². The van der Waals surface area contributed by atoms with Gasteiger partial charge in [-0.15, -0.1) is 10.2 Å². The van der Waals surface area contributed by atoms with Crippen LogP contribution in [0.4, 0.5) is 0 Å². The molecule has 104 valence electrons. The summed E-state index contributed by atoms with van der Waals surface area (Å²) < 4.78 is 2.02. The number of benzene rings is 1. The molecule has 0 fully saturated rings. The van der Waals surface area contributed by atoms with Gasteiger partial charge in [-0.2, -0.15) is 0 Å². The molecule has 1 N–H and O–H groups in total. The number of carbonyl (C=O) groups is 1. The smallest absolute Gasteiger partial charge is 0.313 e. The Bertz CT molecular complexity index is 626. The third kappa shape index (κ3) is 2.70. The van der Waals surface area contributed by atoms with Crippen molar-refractivity contribution in [3.63, 3.8) is 0 Å². The number of hydrogen-bond donors (Lipinski definition) is 1. The molecule has 1 heterocycles. The zero-order valence-electron chi connectivity index (χ0n) is 10.9.